The molecular weight excluding hydrogens is 338 g/mol. The van der Waals surface area contributed by atoms with Crippen molar-refractivity contribution in [3.05, 3.63) is 20.5 Å². The Labute approximate surface area is 132 Å². The zero-order valence-corrected chi connectivity index (χ0v) is 14.0. The van der Waals surface area contributed by atoms with Gasteiger partial charge >= 0.3 is 0 Å². The summed E-state index contributed by atoms with van der Waals surface area (Å²) in [6.45, 7) is 3.40. The molecular formula is C11H16ClN3O4S2. The summed E-state index contributed by atoms with van der Waals surface area (Å²) in [6, 6.07) is 1.20. The number of rotatable bonds is 4. The van der Waals surface area contributed by atoms with Gasteiger partial charge in [-0.15, -0.1) is 11.3 Å². The molecule has 0 aromatic carbocycles. The molecule has 0 spiro atoms. The standard InChI is InChI=1S/C11H16ClN3O4S2/c1-3-8-7-14(5-4-13(8)2)21(18,19)10-6-9(15(16)17)11(12)20-10/h6,8H,3-5,7H2,1-2H3. The highest BCUT2D eigenvalue weighted by molar-refractivity contribution is 7.91. The van der Waals surface area contributed by atoms with Gasteiger partial charge in [-0.1, -0.05) is 18.5 Å². The first-order valence-electron chi connectivity index (χ1n) is 6.41. The molecule has 0 radical (unpaired) electrons. The Morgan fingerprint density at radius 1 is 1.52 bits per heavy atom. The van der Waals surface area contributed by atoms with Crippen LogP contribution in [-0.4, -0.2) is 55.3 Å². The molecule has 10 heteroatoms. The van der Waals surface area contributed by atoms with Gasteiger partial charge in [-0.3, -0.25) is 10.1 Å². The van der Waals surface area contributed by atoms with Gasteiger partial charge in [0.25, 0.3) is 15.7 Å². The summed E-state index contributed by atoms with van der Waals surface area (Å²) in [5, 5.41) is 10.8. The number of halogens is 1. The van der Waals surface area contributed by atoms with Gasteiger partial charge in [-0.2, -0.15) is 4.31 Å². The van der Waals surface area contributed by atoms with E-state index in [2.05, 4.69) is 4.90 Å². The zero-order valence-electron chi connectivity index (χ0n) is 11.7. The SMILES string of the molecule is CCC1CN(S(=O)(=O)c2cc([N+](=O)[O-])c(Cl)s2)CCN1C. The predicted molar refractivity (Wildman–Crippen MR) is 81.5 cm³/mol. The maximum Gasteiger partial charge on any atom is 0.300 e. The van der Waals surface area contributed by atoms with Crippen molar-refractivity contribution in [3.8, 4) is 0 Å². The predicted octanol–water partition coefficient (Wildman–Crippen LogP) is 2.02. The van der Waals surface area contributed by atoms with E-state index in [1.807, 2.05) is 14.0 Å². The molecule has 21 heavy (non-hydrogen) atoms. The van der Waals surface area contributed by atoms with Crippen molar-refractivity contribution in [3.63, 3.8) is 0 Å². The van der Waals surface area contributed by atoms with Crippen LogP contribution in [0.25, 0.3) is 0 Å². The fraction of sp³-hybridized carbons (Fsp3) is 0.636. The third-order valence-electron chi connectivity index (χ3n) is 3.65. The number of sulfonamides is 1. The normalized spacial score (nSPS) is 21.6. The second-order valence-electron chi connectivity index (χ2n) is 4.89. The van der Waals surface area contributed by atoms with Crippen molar-refractivity contribution in [2.45, 2.75) is 23.6 Å². The Bertz CT molecular complexity index is 646. The lowest BCUT2D eigenvalue weighted by Gasteiger charge is -2.38. The number of nitro groups is 1. The molecule has 0 saturated carbocycles. The minimum Gasteiger partial charge on any atom is -0.301 e. The Morgan fingerprint density at radius 2 is 2.19 bits per heavy atom. The fourth-order valence-corrected chi connectivity index (χ4v) is 5.58. The molecule has 0 amide bonds. The van der Waals surface area contributed by atoms with Gasteiger partial charge in [-0.25, -0.2) is 8.42 Å². The Hall–Kier alpha value is -0.740. The average Bonchev–Trinajstić information content (AvgIpc) is 2.82. The number of nitrogens with zero attached hydrogens (tertiary/aromatic N) is 3. The van der Waals surface area contributed by atoms with Gasteiger partial charge in [0.05, 0.1) is 4.92 Å². The smallest absolute Gasteiger partial charge is 0.300 e. The zero-order chi connectivity index (χ0) is 15.8. The minimum atomic E-state index is -3.73. The van der Waals surface area contributed by atoms with Crippen LogP contribution in [0.1, 0.15) is 13.3 Å². The van der Waals surface area contributed by atoms with Crippen LogP contribution < -0.4 is 0 Å². The van der Waals surface area contributed by atoms with E-state index in [1.54, 1.807) is 0 Å². The fourth-order valence-electron chi connectivity index (χ4n) is 2.29. The lowest BCUT2D eigenvalue weighted by Crippen LogP contribution is -2.52. The molecule has 2 rings (SSSR count). The molecule has 0 bridgehead atoms. The van der Waals surface area contributed by atoms with Gasteiger partial charge in [0.1, 0.15) is 4.21 Å². The van der Waals surface area contributed by atoms with E-state index in [4.69, 9.17) is 11.6 Å². The van der Waals surface area contributed by atoms with Crippen molar-refractivity contribution in [2.75, 3.05) is 26.7 Å². The van der Waals surface area contributed by atoms with Crippen LogP contribution in [-0.2, 0) is 10.0 Å². The molecule has 7 nitrogen and oxygen atoms in total. The lowest BCUT2D eigenvalue weighted by atomic mass is 10.1. The van der Waals surface area contributed by atoms with E-state index in [1.165, 1.54) is 4.31 Å². The molecule has 1 saturated heterocycles. The van der Waals surface area contributed by atoms with E-state index in [0.717, 1.165) is 23.8 Å². The van der Waals surface area contributed by atoms with Crippen LogP contribution in [0.3, 0.4) is 0 Å². The van der Waals surface area contributed by atoms with Crippen molar-refractivity contribution >= 4 is 38.6 Å². The Kier molecular flexibility index (Phi) is 4.89. The van der Waals surface area contributed by atoms with E-state index in [0.29, 0.717) is 19.6 Å². The molecule has 1 fully saturated rings. The van der Waals surface area contributed by atoms with Crippen molar-refractivity contribution < 1.29 is 13.3 Å². The molecule has 1 atom stereocenters. The van der Waals surface area contributed by atoms with Crippen molar-refractivity contribution in [1.29, 1.82) is 0 Å². The topological polar surface area (TPSA) is 83.8 Å². The highest BCUT2D eigenvalue weighted by atomic mass is 35.5. The number of piperazine rings is 1. The van der Waals surface area contributed by atoms with E-state index < -0.39 is 14.9 Å². The van der Waals surface area contributed by atoms with Gasteiger partial charge < -0.3 is 4.90 Å². The van der Waals surface area contributed by atoms with E-state index in [-0.39, 0.29) is 20.3 Å². The highest BCUT2D eigenvalue weighted by Crippen LogP contribution is 2.37. The first-order valence-corrected chi connectivity index (χ1v) is 9.05. The summed E-state index contributed by atoms with van der Waals surface area (Å²) < 4.78 is 26.4. The summed E-state index contributed by atoms with van der Waals surface area (Å²) in [7, 11) is -1.76. The minimum absolute atomic E-state index is 0.0707. The molecule has 0 aliphatic carbocycles. The summed E-state index contributed by atoms with van der Waals surface area (Å²) in [4.78, 5) is 12.2. The molecule has 1 aliphatic heterocycles. The lowest BCUT2D eigenvalue weighted by molar-refractivity contribution is -0.384. The van der Waals surface area contributed by atoms with Crippen LogP contribution >= 0.6 is 22.9 Å². The molecule has 1 aromatic heterocycles. The monoisotopic (exact) mass is 353 g/mol. The third kappa shape index (κ3) is 3.21. The van der Waals surface area contributed by atoms with Gasteiger partial charge in [0.15, 0.2) is 4.34 Å². The summed E-state index contributed by atoms with van der Waals surface area (Å²) >= 11 is 6.48. The molecule has 1 unspecified atom stereocenters. The third-order valence-corrected chi connectivity index (χ3v) is 7.30. The maximum atomic E-state index is 12.6. The first kappa shape index (κ1) is 16.6. The number of thiophene rings is 1. The van der Waals surface area contributed by atoms with Crippen molar-refractivity contribution in [2.24, 2.45) is 0 Å². The second kappa shape index (κ2) is 6.17. The summed E-state index contributed by atoms with van der Waals surface area (Å²) in [6.07, 6.45) is 0.841. The molecule has 118 valence electrons. The number of hydrogen-bond acceptors (Lipinski definition) is 6. The summed E-state index contributed by atoms with van der Waals surface area (Å²) in [5.41, 5.74) is -0.360. The Morgan fingerprint density at radius 3 is 2.71 bits per heavy atom. The Balaban J connectivity index is 2.30. The molecule has 0 N–H and O–H groups in total. The summed E-state index contributed by atoms with van der Waals surface area (Å²) in [5.74, 6) is 0. The van der Waals surface area contributed by atoms with Crippen LogP contribution in [0.15, 0.2) is 10.3 Å². The van der Waals surface area contributed by atoms with E-state index >= 15 is 0 Å². The van der Waals surface area contributed by atoms with Crippen LogP contribution in [0.5, 0.6) is 0 Å². The van der Waals surface area contributed by atoms with E-state index in [9.17, 15) is 18.5 Å². The van der Waals surface area contributed by atoms with Gasteiger partial charge in [0.2, 0.25) is 0 Å². The second-order valence-corrected chi connectivity index (χ2v) is 8.71. The van der Waals surface area contributed by atoms with Crippen LogP contribution in [0.4, 0.5) is 5.69 Å². The average molecular weight is 354 g/mol. The van der Waals surface area contributed by atoms with Crippen LogP contribution in [0, 0.1) is 10.1 Å². The quantitative estimate of drug-likeness (QED) is 0.610. The molecule has 2 heterocycles. The maximum absolute atomic E-state index is 12.6. The largest absolute Gasteiger partial charge is 0.301 e. The van der Waals surface area contributed by atoms with Crippen LogP contribution in [0.2, 0.25) is 4.34 Å². The number of hydrogen-bond donors (Lipinski definition) is 0. The first-order chi connectivity index (χ1) is 9.77. The van der Waals surface area contributed by atoms with Gasteiger partial charge in [-0.05, 0) is 13.5 Å². The number of likely N-dealkylation sites (N-methyl/N-ethyl adjacent to an activating group) is 1. The van der Waals surface area contributed by atoms with Gasteiger partial charge in [0, 0.05) is 31.7 Å². The van der Waals surface area contributed by atoms with Crippen molar-refractivity contribution in [1.82, 2.24) is 9.21 Å². The highest BCUT2D eigenvalue weighted by Gasteiger charge is 2.34. The molecule has 1 aliphatic rings. The molecule has 1 aromatic rings.